The molecule has 0 fully saturated rings. The lowest BCUT2D eigenvalue weighted by Gasteiger charge is -2.06. The average Bonchev–Trinajstić information content (AvgIpc) is 3.37. The minimum atomic E-state index is -4.74. The predicted molar refractivity (Wildman–Crippen MR) is 121 cm³/mol. The van der Waals surface area contributed by atoms with E-state index < -0.39 is 40.4 Å². The third-order valence-electron chi connectivity index (χ3n) is 4.86. The molecule has 9 nitrogen and oxygen atoms in total. The number of nitrogens with one attached hydrogen (secondary N) is 1. The second kappa shape index (κ2) is 8.56. The maximum absolute atomic E-state index is 13.6. The van der Waals surface area contributed by atoms with Crippen LogP contribution in [0.15, 0.2) is 34.1 Å². The molecular weight excluding hydrogens is 520 g/mol. The molecule has 4 rings (SSSR count). The number of halogens is 5. The van der Waals surface area contributed by atoms with E-state index in [1.165, 1.54) is 43.2 Å². The van der Waals surface area contributed by atoms with Gasteiger partial charge >= 0.3 is 11.9 Å². The van der Waals surface area contributed by atoms with Gasteiger partial charge in [-0.15, -0.1) is 0 Å². The van der Waals surface area contributed by atoms with Crippen LogP contribution in [0.25, 0.3) is 22.4 Å². The molecule has 1 amide bonds. The SMILES string of the molecule is Cn1c(=O)c2c(ncn2CC(=O)Nc2nc(-c3ccc(Cl)c(Cl)c3)c(C(F)(F)F)s2)n(C)c1=O. The van der Waals surface area contributed by atoms with Crippen molar-refractivity contribution in [2.75, 3.05) is 5.32 Å². The number of anilines is 1. The van der Waals surface area contributed by atoms with Crippen molar-refractivity contribution < 1.29 is 18.0 Å². The van der Waals surface area contributed by atoms with Crippen LogP contribution >= 0.6 is 34.5 Å². The Kier molecular flexibility index (Phi) is 6.04. The lowest BCUT2D eigenvalue weighted by Crippen LogP contribution is -2.37. The number of hydrogen-bond acceptors (Lipinski definition) is 6. The van der Waals surface area contributed by atoms with E-state index >= 15 is 0 Å². The molecule has 1 N–H and O–H groups in total. The first kappa shape index (κ1) is 24.0. The summed E-state index contributed by atoms with van der Waals surface area (Å²) < 4.78 is 44.1. The highest BCUT2D eigenvalue weighted by atomic mass is 35.5. The van der Waals surface area contributed by atoms with Crippen molar-refractivity contribution in [3.63, 3.8) is 0 Å². The zero-order valence-electron chi connectivity index (χ0n) is 17.3. The Balaban J connectivity index is 1.67. The van der Waals surface area contributed by atoms with Gasteiger partial charge in [0.2, 0.25) is 5.91 Å². The van der Waals surface area contributed by atoms with Gasteiger partial charge in [0.25, 0.3) is 5.56 Å². The fourth-order valence-corrected chi connectivity index (χ4v) is 4.40. The summed E-state index contributed by atoms with van der Waals surface area (Å²) in [6.45, 7) is -0.451. The van der Waals surface area contributed by atoms with Crippen molar-refractivity contribution in [3.05, 3.63) is 60.3 Å². The lowest BCUT2D eigenvalue weighted by molar-refractivity contribution is -0.134. The van der Waals surface area contributed by atoms with Gasteiger partial charge in [0.1, 0.15) is 11.4 Å². The number of rotatable bonds is 4. The Morgan fingerprint density at radius 1 is 1.15 bits per heavy atom. The van der Waals surface area contributed by atoms with Gasteiger partial charge in [0, 0.05) is 19.7 Å². The Morgan fingerprint density at radius 3 is 2.50 bits per heavy atom. The molecule has 1 aromatic carbocycles. The molecule has 0 radical (unpaired) electrons. The topological polar surface area (TPSA) is 104 Å². The summed E-state index contributed by atoms with van der Waals surface area (Å²) in [6.07, 6.45) is -3.55. The third-order valence-corrected chi connectivity index (χ3v) is 6.61. The van der Waals surface area contributed by atoms with Crippen LogP contribution in [0.2, 0.25) is 10.0 Å². The number of carbonyl (C=O) groups is 1. The smallest absolute Gasteiger partial charge is 0.315 e. The minimum Gasteiger partial charge on any atom is -0.315 e. The van der Waals surface area contributed by atoms with Gasteiger partial charge < -0.3 is 9.88 Å². The molecule has 0 saturated heterocycles. The first-order chi connectivity index (χ1) is 15.9. The number of carbonyl (C=O) groups excluding carboxylic acids is 1. The van der Waals surface area contributed by atoms with E-state index in [1.807, 2.05) is 0 Å². The van der Waals surface area contributed by atoms with Crippen LogP contribution in [0.4, 0.5) is 18.3 Å². The van der Waals surface area contributed by atoms with E-state index in [0.717, 1.165) is 9.13 Å². The monoisotopic (exact) mass is 532 g/mol. The minimum absolute atomic E-state index is 0.00800. The maximum atomic E-state index is 13.6. The Labute approximate surface area is 202 Å². The quantitative estimate of drug-likeness (QED) is 0.433. The van der Waals surface area contributed by atoms with Gasteiger partial charge in [-0.1, -0.05) is 40.6 Å². The normalized spacial score (nSPS) is 11.9. The van der Waals surface area contributed by atoms with Gasteiger partial charge in [0.15, 0.2) is 16.3 Å². The second-order valence-corrected chi connectivity index (χ2v) is 8.94. The zero-order valence-corrected chi connectivity index (χ0v) is 19.6. The van der Waals surface area contributed by atoms with Crippen LogP contribution in [0.5, 0.6) is 0 Å². The van der Waals surface area contributed by atoms with Gasteiger partial charge in [-0.25, -0.2) is 14.8 Å². The number of alkyl halides is 3. The molecule has 0 saturated carbocycles. The fraction of sp³-hybridized carbons (Fsp3) is 0.211. The number of aromatic nitrogens is 5. The van der Waals surface area contributed by atoms with Crippen LogP contribution in [0, 0.1) is 0 Å². The molecule has 4 aromatic rings. The Hall–Kier alpha value is -3.16. The standard InChI is InChI=1S/C19H13Cl2F3N6O3S/c1-28-15-13(16(32)29(2)18(28)33)30(7-25-15)6-11(31)26-17-27-12(14(34-17)19(22,23)24)8-3-4-9(20)10(21)5-8/h3-5,7H,6H2,1-2H3,(H,26,27,31). The van der Waals surface area contributed by atoms with Crippen molar-refractivity contribution in [2.24, 2.45) is 14.1 Å². The number of nitrogens with zero attached hydrogens (tertiary/aromatic N) is 5. The Morgan fingerprint density at radius 2 is 1.85 bits per heavy atom. The summed E-state index contributed by atoms with van der Waals surface area (Å²) in [7, 11) is 2.70. The van der Waals surface area contributed by atoms with Crippen molar-refractivity contribution in [1.29, 1.82) is 0 Å². The summed E-state index contributed by atoms with van der Waals surface area (Å²) in [5, 5.41) is 2.23. The first-order valence-corrected chi connectivity index (χ1v) is 10.9. The number of amides is 1. The van der Waals surface area contributed by atoms with Gasteiger partial charge in [0.05, 0.1) is 22.1 Å². The predicted octanol–water partition coefficient (Wildman–Crippen LogP) is 3.52. The largest absolute Gasteiger partial charge is 0.427 e. The number of aryl methyl sites for hydroxylation is 1. The molecule has 0 spiro atoms. The van der Waals surface area contributed by atoms with Crippen molar-refractivity contribution >= 4 is 56.7 Å². The number of fused-ring (bicyclic) bond motifs is 1. The van der Waals surface area contributed by atoms with E-state index in [4.69, 9.17) is 23.2 Å². The molecule has 3 aromatic heterocycles. The molecule has 0 aliphatic rings. The molecule has 15 heteroatoms. The van der Waals surface area contributed by atoms with Crippen molar-refractivity contribution in [2.45, 2.75) is 12.7 Å². The highest BCUT2D eigenvalue weighted by Gasteiger charge is 2.38. The number of imidazole rings is 1. The molecule has 0 aliphatic heterocycles. The zero-order chi connectivity index (χ0) is 24.9. The summed E-state index contributed by atoms with van der Waals surface area (Å²) in [5.41, 5.74) is -1.54. The molecular formula is C19H13Cl2F3N6O3S. The van der Waals surface area contributed by atoms with Crippen LogP contribution < -0.4 is 16.6 Å². The van der Waals surface area contributed by atoms with E-state index in [2.05, 4.69) is 15.3 Å². The van der Waals surface area contributed by atoms with Crippen LogP contribution in [-0.4, -0.2) is 29.6 Å². The molecule has 3 heterocycles. The average molecular weight is 533 g/mol. The first-order valence-electron chi connectivity index (χ1n) is 9.32. The number of thiazole rings is 1. The molecule has 0 bridgehead atoms. The molecule has 0 atom stereocenters. The van der Waals surface area contributed by atoms with E-state index in [9.17, 15) is 27.6 Å². The summed E-state index contributed by atoms with van der Waals surface area (Å²) in [4.78, 5) is 44.0. The lowest BCUT2D eigenvalue weighted by atomic mass is 10.1. The maximum Gasteiger partial charge on any atom is 0.427 e. The fourth-order valence-electron chi connectivity index (χ4n) is 3.24. The van der Waals surface area contributed by atoms with Crippen LogP contribution in [0.1, 0.15) is 4.88 Å². The Bertz CT molecular complexity index is 1570. The van der Waals surface area contributed by atoms with Gasteiger partial charge in [-0.05, 0) is 12.1 Å². The van der Waals surface area contributed by atoms with Gasteiger partial charge in [-0.3, -0.25) is 18.7 Å². The van der Waals surface area contributed by atoms with E-state index in [1.54, 1.807) is 0 Å². The van der Waals surface area contributed by atoms with Gasteiger partial charge in [-0.2, -0.15) is 13.2 Å². The molecule has 0 unspecified atom stereocenters. The van der Waals surface area contributed by atoms with Crippen molar-refractivity contribution in [1.82, 2.24) is 23.7 Å². The number of benzene rings is 1. The summed E-state index contributed by atoms with van der Waals surface area (Å²) >= 11 is 12.0. The third kappa shape index (κ3) is 4.21. The van der Waals surface area contributed by atoms with Crippen LogP contribution in [-0.2, 0) is 31.6 Å². The molecule has 178 valence electrons. The van der Waals surface area contributed by atoms with E-state index in [-0.39, 0.29) is 43.2 Å². The molecule has 34 heavy (non-hydrogen) atoms. The summed E-state index contributed by atoms with van der Waals surface area (Å²) in [6, 6.07) is 3.92. The molecule has 0 aliphatic carbocycles. The second-order valence-electron chi connectivity index (χ2n) is 7.12. The van der Waals surface area contributed by atoms with Crippen molar-refractivity contribution in [3.8, 4) is 11.3 Å². The van der Waals surface area contributed by atoms with Crippen LogP contribution in [0.3, 0.4) is 0 Å². The highest BCUT2D eigenvalue weighted by molar-refractivity contribution is 7.16. The number of hydrogen-bond donors (Lipinski definition) is 1. The summed E-state index contributed by atoms with van der Waals surface area (Å²) in [5.74, 6) is -0.752. The van der Waals surface area contributed by atoms with E-state index in [0.29, 0.717) is 0 Å². The highest BCUT2D eigenvalue weighted by Crippen LogP contribution is 2.43.